The average molecular weight is 400 g/mol. The molecule has 1 saturated carbocycles. The summed E-state index contributed by atoms with van der Waals surface area (Å²) in [4.78, 5) is 19.3. The first-order valence-electron chi connectivity index (χ1n) is 9.28. The number of nitrogens with two attached hydrogens (primary N) is 1. The van der Waals surface area contributed by atoms with Crippen molar-refractivity contribution in [1.82, 2.24) is 4.90 Å². The minimum atomic E-state index is -1.08. The highest BCUT2D eigenvalue weighted by molar-refractivity contribution is 6.30. The van der Waals surface area contributed by atoms with Crippen LogP contribution in [0.4, 0.5) is 0 Å². The quantitative estimate of drug-likeness (QED) is 0.692. The third-order valence-corrected chi connectivity index (χ3v) is 5.61. The molecule has 0 saturated heterocycles. The second-order valence-electron chi connectivity index (χ2n) is 7.35. The van der Waals surface area contributed by atoms with E-state index in [1.807, 2.05) is 48.5 Å². The van der Waals surface area contributed by atoms with Crippen molar-refractivity contribution in [2.75, 3.05) is 13.2 Å². The van der Waals surface area contributed by atoms with Gasteiger partial charge in [-0.2, -0.15) is 0 Å². The predicted octanol–water partition coefficient (Wildman–Crippen LogP) is 2.12. The molecule has 6 nitrogen and oxygen atoms in total. The lowest BCUT2D eigenvalue weighted by Gasteiger charge is -2.27. The zero-order chi connectivity index (χ0) is 19.9. The van der Waals surface area contributed by atoms with E-state index in [4.69, 9.17) is 22.4 Å². The minimum absolute atomic E-state index is 0.0735. The van der Waals surface area contributed by atoms with E-state index in [-0.39, 0.29) is 24.3 Å². The van der Waals surface area contributed by atoms with Crippen molar-refractivity contribution >= 4 is 23.5 Å². The summed E-state index contributed by atoms with van der Waals surface area (Å²) in [6.07, 6.45) is 0.714. The first kappa shape index (κ1) is 18.9. The molecule has 146 valence electrons. The number of nitrogens with zero attached hydrogens (tertiary/aromatic N) is 2. The number of rotatable bonds is 6. The van der Waals surface area contributed by atoms with Crippen molar-refractivity contribution < 1.29 is 15.0 Å². The number of halogens is 1. The largest absolute Gasteiger partial charge is 0.394 e. The van der Waals surface area contributed by atoms with Crippen LogP contribution in [-0.4, -0.2) is 46.2 Å². The Bertz CT molecular complexity index is 944. The maximum Gasteiger partial charge on any atom is 0.262 e. The van der Waals surface area contributed by atoms with Crippen LogP contribution in [0.25, 0.3) is 11.1 Å². The van der Waals surface area contributed by atoms with Crippen molar-refractivity contribution in [3.05, 3.63) is 59.1 Å². The number of guanidine groups is 1. The third-order valence-electron chi connectivity index (χ3n) is 5.37. The van der Waals surface area contributed by atoms with Gasteiger partial charge in [0.1, 0.15) is 0 Å². The van der Waals surface area contributed by atoms with Crippen LogP contribution < -0.4 is 5.73 Å². The van der Waals surface area contributed by atoms with Crippen LogP contribution in [-0.2, 0) is 10.3 Å². The molecule has 28 heavy (non-hydrogen) atoms. The molecule has 0 aromatic heterocycles. The molecule has 2 aromatic carbocycles. The number of carbonyl (C=O) groups is 1. The first-order valence-corrected chi connectivity index (χ1v) is 9.66. The number of aliphatic imine (C=N–C) groups is 1. The molecule has 2 aromatic rings. The molecule has 1 aliphatic carbocycles. The summed E-state index contributed by atoms with van der Waals surface area (Å²) in [7, 11) is 0. The fourth-order valence-electron chi connectivity index (χ4n) is 3.84. The van der Waals surface area contributed by atoms with E-state index in [9.17, 15) is 9.90 Å². The number of hydrogen-bond acceptors (Lipinski definition) is 5. The molecule has 2 atom stereocenters. The van der Waals surface area contributed by atoms with Gasteiger partial charge in [-0.05, 0) is 53.6 Å². The highest BCUT2D eigenvalue weighted by atomic mass is 35.5. The number of aliphatic hydroxyl groups is 2. The predicted molar refractivity (Wildman–Crippen MR) is 108 cm³/mol. The maximum absolute atomic E-state index is 13.4. The second kappa shape index (κ2) is 7.20. The molecule has 2 aliphatic rings. The first-order chi connectivity index (χ1) is 13.5. The van der Waals surface area contributed by atoms with E-state index in [1.165, 1.54) is 4.90 Å². The zero-order valence-electron chi connectivity index (χ0n) is 15.3. The molecule has 1 amide bonds. The lowest BCUT2D eigenvalue weighted by Crippen LogP contribution is -2.47. The van der Waals surface area contributed by atoms with E-state index in [0.29, 0.717) is 5.02 Å². The Labute approximate surface area is 168 Å². The van der Waals surface area contributed by atoms with Crippen LogP contribution in [0.5, 0.6) is 0 Å². The Morgan fingerprint density at radius 3 is 2.54 bits per heavy atom. The Morgan fingerprint density at radius 2 is 1.89 bits per heavy atom. The second-order valence-corrected chi connectivity index (χ2v) is 7.79. The van der Waals surface area contributed by atoms with Gasteiger partial charge < -0.3 is 15.9 Å². The van der Waals surface area contributed by atoms with Crippen molar-refractivity contribution in [2.24, 2.45) is 16.6 Å². The van der Waals surface area contributed by atoms with Gasteiger partial charge in [-0.1, -0.05) is 41.9 Å². The zero-order valence-corrected chi connectivity index (χ0v) is 16.0. The topological polar surface area (TPSA) is 99.2 Å². The number of benzene rings is 2. The molecule has 0 spiro atoms. The third kappa shape index (κ3) is 3.17. The van der Waals surface area contributed by atoms with Crippen LogP contribution >= 0.6 is 11.6 Å². The summed E-state index contributed by atoms with van der Waals surface area (Å²) >= 11 is 6.13. The van der Waals surface area contributed by atoms with Crippen molar-refractivity contribution in [2.45, 2.75) is 24.5 Å². The van der Waals surface area contributed by atoms with Gasteiger partial charge in [0.25, 0.3) is 5.91 Å². The number of β-amino-alcohol motifs (C(OH)–C–C–N with tert-alkyl or cyclic N) is 1. The number of amides is 1. The van der Waals surface area contributed by atoms with Gasteiger partial charge in [0, 0.05) is 5.02 Å². The average Bonchev–Trinajstić information content (AvgIpc) is 3.51. The lowest BCUT2D eigenvalue weighted by atomic mass is 9.83. The van der Waals surface area contributed by atoms with Crippen LogP contribution in [0.3, 0.4) is 0 Å². The summed E-state index contributed by atoms with van der Waals surface area (Å²) < 4.78 is 0. The van der Waals surface area contributed by atoms with Gasteiger partial charge in [0.05, 0.1) is 19.3 Å². The monoisotopic (exact) mass is 399 g/mol. The van der Waals surface area contributed by atoms with Gasteiger partial charge in [-0.15, -0.1) is 0 Å². The molecule has 4 rings (SSSR count). The van der Waals surface area contributed by atoms with Crippen LogP contribution in [0.2, 0.25) is 5.02 Å². The van der Waals surface area contributed by atoms with E-state index in [2.05, 4.69) is 4.99 Å². The van der Waals surface area contributed by atoms with Crippen molar-refractivity contribution in [1.29, 1.82) is 0 Å². The summed E-state index contributed by atoms with van der Waals surface area (Å²) in [6, 6.07) is 15.3. The Kier molecular flexibility index (Phi) is 4.87. The molecule has 4 N–H and O–H groups in total. The van der Waals surface area contributed by atoms with Crippen LogP contribution in [0.1, 0.15) is 18.4 Å². The number of carbonyl (C=O) groups excluding carboxylic acids is 1. The Hall–Kier alpha value is -2.41. The van der Waals surface area contributed by atoms with E-state index < -0.39 is 18.2 Å². The SMILES string of the molecule is NC1=NC(c2cccc(-c3cccc(Cl)c3)c2)(C2CC2)C(=O)N1CC(O)CO. The standard InChI is InChI=1S/C21H22ClN3O3/c22-17-6-2-4-14(10-17)13-3-1-5-16(9-13)21(15-7-8-15)19(28)25(20(23)24-21)11-18(27)12-26/h1-6,9-10,15,18,26-27H,7-8,11-12H2,(H2,23,24). The molecule has 0 radical (unpaired) electrons. The molecule has 1 heterocycles. The fourth-order valence-corrected chi connectivity index (χ4v) is 4.03. The smallest absolute Gasteiger partial charge is 0.262 e. The lowest BCUT2D eigenvalue weighted by molar-refractivity contribution is -0.133. The van der Waals surface area contributed by atoms with Gasteiger partial charge in [-0.3, -0.25) is 9.69 Å². The fraction of sp³-hybridized carbons (Fsp3) is 0.333. The summed E-state index contributed by atoms with van der Waals surface area (Å²) in [5, 5.41) is 19.6. The maximum atomic E-state index is 13.4. The normalized spacial score (nSPS) is 23.0. The molecule has 1 aliphatic heterocycles. The summed E-state index contributed by atoms with van der Waals surface area (Å²) in [5.74, 6) is -0.0924. The molecular weight excluding hydrogens is 378 g/mol. The van der Waals surface area contributed by atoms with Gasteiger partial charge >= 0.3 is 0 Å². The minimum Gasteiger partial charge on any atom is -0.394 e. The van der Waals surface area contributed by atoms with Crippen molar-refractivity contribution in [3.8, 4) is 11.1 Å². The van der Waals surface area contributed by atoms with Crippen LogP contribution in [0, 0.1) is 5.92 Å². The Balaban J connectivity index is 1.76. The van der Waals surface area contributed by atoms with Gasteiger partial charge in [0.2, 0.25) is 0 Å². The van der Waals surface area contributed by atoms with Crippen LogP contribution in [0.15, 0.2) is 53.5 Å². The highest BCUT2D eigenvalue weighted by Gasteiger charge is 2.58. The summed E-state index contributed by atoms with van der Waals surface area (Å²) in [5.41, 5.74) is 7.66. The van der Waals surface area contributed by atoms with Crippen molar-refractivity contribution in [3.63, 3.8) is 0 Å². The molecule has 0 bridgehead atoms. The van der Waals surface area contributed by atoms with E-state index in [0.717, 1.165) is 29.5 Å². The molecule has 2 unspecified atom stereocenters. The molecule has 7 heteroatoms. The number of aliphatic hydroxyl groups excluding tert-OH is 2. The Morgan fingerprint density at radius 1 is 1.21 bits per heavy atom. The molecular formula is C21H22ClN3O3. The summed E-state index contributed by atoms with van der Waals surface area (Å²) in [6.45, 7) is -0.523. The highest BCUT2D eigenvalue weighted by Crippen LogP contribution is 2.52. The van der Waals surface area contributed by atoms with E-state index in [1.54, 1.807) is 0 Å². The molecule has 1 fully saturated rings. The van der Waals surface area contributed by atoms with Gasteiger partial charge in [0.15, 0.2) is 11.5 Å². The van der Waals surface area contributed by atoms with Gasteiger partial charge in [-0.25, -0.2) is 4.99 Å². The number of hydrogen-bond donors (Lipinski definition) is 3. The van der Waals surface area contributed by atoms with E-state index >= 15 is 0 Å².